The van der Waals surface area contributed by atoms with E-state index >= 15 is 0 Å². The SMILES string of the molecule is CCN(CC(=O)Nc1c(F)cccc1F)C(=O)C1(CN)CCOCC1. The van der Waals surface area contributed by atoms with Gasteiger partial charge in [-0.2, -0.15) is 0 Å². The Morgan fingerprint density at radius 1 is 1.28 bits per heavy atom. The van der Waals surface area contributed by atoms with Crippen LogP contribution in [0.25, 0.3) is 0 Å². The molecule has 1 saturated heterocycles. The zero-order valence-electron chi connectivity index (χ0n) is 14.2. The van der Waals surface area contributed by atoms with E-state index in [-0.39, 0.29) is 25.5 Å². The molecule has 0 radical (unpaired) electrons. The van der Waals surface area contributed by atoms with Gasteiger partial charge in [0.05, 0.1) is 12.0 Å². The third-order valence-corrected chi connectivity index (χ3v) is 4.52. The molecule has 2 rings (SSSR count). The maximum absolute atomic E-state index is 13.6. The number of halogens is 2. The molecule has 1 heterocycles. The van der Waals surface area contributed by atoms with E-state index in [1.54, 1.807) is 6.92 Å². The summed E-state index contributed by atoms with van der Waals surface area (Å²) >= 11 is 0. The van der Waals surface area contributed by atoms with Crippen LogP contribution >= 0.6 is 0 Å². The summed E-state index contributed by atoms with van der Waals surface area (Å²) in [4.78, 5) is 26.4. The van der Waals surface area contributed by atoms with Gasteiger partial charge in [-0.15, -0.1) is 0 Å². The number of hydrogen-bond acceptors (Lipinski definition) is 4. The number of anilines is 1. The minimum Gasteiger partial charge on any atom is -0.381 e. The van der Waals surface area contributed by atoms with Crippen LogP contribution in [0, 0.1) is 17.0 Å². The van der Waals surface area contributed by atoms with E-state index in [0.29, 0.717) is 26.1 Å². The van der Waals surface area contributed by atoms with Gasteiger partial charge in [0.1, 0.15) is 17.3 Å². The lowest BCUT2D eigenvalue weighted by Crippen LogP contribution is -2.52. The maximum atomic E-state index is 13.6. The van der Waals surface area contributed by atoms with Crippen molar-refractivity contribution in [3.63, 3.8) is 0 Å². The van der Waals surface area contributed by atoms with Gasteiger partial charge in [0.15, 0.2) is 0 Å². The second-order valence-electron chi connectivity index (χ2n) is 6.06. The Balaban J connectivity index is 2.08. The lowest BCUT2D eigenvalue weighted by molar-refractivity contribution is -0.148. The van der Waals surface area contributed by atoms with Gasteiger partial charge in [0, 0.05) is 26.3 Å². The first-order chi connectivity index (χ1) is 11.9. The first-order valence-corrected chi connectivity index (χ1v) is 8.24. The Labute approximate surface area is 145 Å². The molecule has 2 amide bonds. The molecule has 0 atom stereocenters. The molecular weight excluding hydrogens is 332 g/mol. The number of benzene rings is 1. The molecular formula is C17H23F2N3O3. The van der Waals surface area contributed by atoms with E-state index in [1.807, 2.05) is 0 Å². The van der Waals surface area contributed by atoms with Crippen molar-refractivity contribution in [2.24, 2.45) is 11.1 Å². The standard InChI is InChI=1S/C17H23F2N3O3/c1-2-22(16(24)17(11-20)6-8-25-9-7-17)10-14(23)21-15-12(18)4-3-5-13(15)19/h3-5H,2,6-11,20H2,1H3,(H,21,23). The molecule has 0 aliphatic carbocycles. The predicted molar refractivity (Wildman–Crippen MR) is 88.8 cm³/mol. The van der Waals surface area contributed by atoms with Crippen LogP contribution in [0.1, 0.15) is 19.8 Å². The van der Waals surface area contributed by atoms with Gasteiger partial charge in [-0.25, -0.2) is 8.78 Å². The van der Waals surface area contributed by atoms with E-state index in [0.717, 1.165) is 12.1 Å². The summed E-state index contributed by atoms with van der Waals surface area (Å²) in [5.74, 6) is -2.64. The Morgan fingerprint density at radius 3 is 2.40 bits per heavy atom. The van der Waals surface area contributed by atoms with Gasteiger partial charge in [-0.05, 0) is 31.9 Å². The molecule has 1 aliphatic rings. The smallest absolute Gasteiger partial charge is 0.244 e. The highest BCUT2D eigenvalue weighted by Gasteiger charge is 2.41. The van der Waals surface area contributed by atoms with Gasteiger partial charge >= 0.3 is 0 Å². The minimum atomic E-state index is -0.870. The lowest BCUT2D eigenvalue weighted by Gasteiger charge is -2.38. The van der Waals surface area contributed by atoms with E-state index in [4.69, 9.17) is 10.5 Å². The molecule has 0 unspecified atom stereocenters. The van der Waals surface area contributed by atoms with Crippen molar-refractivity contribution in [3.05, 3.63) is 29.8 Å². The third kappa shape index (κ3) is 4.32. The fraction of sp³-hybridized carbons (Fsp3) is 0.529. The molecule has 1 aliphatic heterocycles. The van der Waals surface area contributed by atoms with Crippen LogP contribution < -0.4 is 11.1 Å². The number of hydrogen-bond donors (Lipinski definition) is 2. The first kappa shape index (κ1) is 19.3. The molecule has 0 aromatic heterocycles. The van der Waals surface area contributed by atoms with Gasteiger partial charge in [0.2, 0.25) is 11.8 Å². The van der Waals surface area contributed by atoms with Gasteiger partial charge in [-0.1, -0.05) is 6.07 Å². The predicted octanol–water partition coefficient (Wildman–Crippen LogP) is 1.51. The Kier molecular flexibility index (Phi) is 6.44. The summed E-state index contributed by atoms with van der Waals surface area (Å²) in [5.41, 5.74) is 4.55. The highest BCUT2D eigenvalue weighted by molar-refractivity contribution is 5.95. The van der Waals surface area contributed by atoms with Crippen molar-refractivity contribution in [1.29, 1.82) is 0 Å². The number of carbonyl (C=O) groups excluding carboxylic acids is 2. The molecule has 0 spiro atoms. The summed E-state index contributed by atoms with van der Waals surface area (Å²) in [6.45, 7) is 2.76. The van der Waals surface area contributed by atoms with Crippen molar-refractivity contribution in [2.75, 3.05) is 38.2 Å². The molecule has 6 nitrogen and oxygen atoms in total. The summed E-state index contributed by atoms with van der Waals surface area (Å²) in [6.07, 6.45) is 0.977. The average molecular weight is 355 g/mol. The molecule has 138 valence electrons. The molecule has 0 saturated carbocycles. The number of likely N-dealkylation sites (N-methyl/N-ethyl adjacent to an activating group) is 1. The lowest BCUT2D eigenvalue weighted by atomic mass is 9.79. The maximum Gasteiger partial charge on any atom is 0.244 e. The van der Waals surface area contributed by atoms with Crippen molar-refractivity contribution < 1.29 is 23.1 Å². The Hall–Kier alpha value is -2.06. The molecule has 3 N–H and O–H groups in total. The number of carbonyl (C=O) groups is 2. The quantitative estimate of drug-likeness (QED) is 0.810. The third-order valence-electron chi connectivity index (χ3n) is 4.52. The molecule has 1 aromatic rings. The van der Waals surface area contributed by atoms with E-state index in [2.05, 4.69) is 5.32 Å². The van der Waals surface area contributed by atoms with E-state index in [1.165, 1.54) is 11.0 Å². The summed E-state index contributed by atoms with van der Waals surface area (Å²) < 4.78 is 32.5. The van der Waals surface area contributed by atoms with E-state index < -0.39 is 28.6 Å². The summed E-state index contributed by atoms with van der Waals surface area (Å²) in [6, 6.07) is 3.30. The van der Waals surface area contributed by atoms with Crippen LogP contribution in [0.15, 0.2) is 18.2 Å². The number of ether oxygens (including phenoxy) is 1. The van der Waals surface area contributed by atoms with Crippen LogP contribution in [0.5, 0.6) is 0 Å². The monoisotopic (exact) mass is 355 g/mol. The normalized spacial score (nSPS) is 16.3. The van der Waals surface area contributed by atoms with Crippen LogP contribution in [-0.2, 0) is 14.3 Å². The zero-order valence-corrected chi connectivity index (χ0v) is 14.2. The Morgan fingerprint density at radius 2 is 1.88 bits per heavy atom. The number of nitrogens with one attached hydrogen (secondary N) is 1. The fourth-order valence-corrected chi connectivity index (χ4v) is 2.90. The Bertz CT molecular complexity index is 613. The van der Waals surface area contributed by atoms with E-state index in [9.17, 15) is 18.4 Å². The number of para-hydroxylation sites is 1. The van der Waals surface area contributed by atoms with Crippen molar-refractivity contribution in [2.45, 2.75) is 19.8 Å². The topological polar surface area (TPSA) is 84.7 Å². The molecule has 1 fully saturated rings. The summed E-state index contributed by atoms with van der Waals surface area (Å²) in [5, 5.41) is 2.19. The van der Waals surface area contributed by atoms with Crippen molar-refractivity contribution >= 4 is 17.5 Å². The fourth-order valence-electron chi connectivity index (χ4n) is 2.90. The minimum absolute atomic E-state index is 0.162. The van der Waals surface area contributed by atoms with Gasteiger partial charge in [-0.3, -0.25) is 9.59 Å². The van der Waals surface area contributed by atoms with Gasteiger partial charge < -0.3 is 20.7 Å². The molecule has 1 aromatic carbocycles. The highest BCUT2D eigenvalue weighted by atomic mass is 19.1. The molecule has 25 heavy (non-hydrogen) atoms. The highest BCUT2D eigenvalue weighted by Crippen LogP contribution is 2.31. The van der Waals surface area contributed by atoms with Crippen LogP contribution in [-0.4, -0.2) is 49.6 Å². The molecule has 8 heteroatoms. The average Bonchev–Trinajstić information content (AvgIpc) is 2.63. The number of amides is 2. The second-order valence-corrected chi connectivity index (χ2v) is 6.06. The molecule has 0 bridgehead atoms. The number of rotatable bonds is 6. The summed E-state index contributed by atoms with van der Waals surface area (Å²) in [7, 11) is 0. The first-order valence-electron chi connectivity index (χ1n) is 8.24. The number of nitrogens with zero attached hydrogens (tertiary/aromatic N) is 1. The van der Waals surface area contributed by atoms with Crippen molar-refractivity contribution in [3.8, 4) is 0 Å². The van der Waals surface area contributed by atoms with Crippen LogP contribution in [0.2, 0.25) is 0 Å². The second kappa shape index (κ2) is 8.35. The number of nitrogens with two attached hydrogens (primary N) is 1. The van der Waals surface area contributed by atoms with Gasteiger partial charge in [0.25, 0.3) is 0 Å². The zero-order chi connectivity index (χ0) is 18.4. The van der Waals surface area contributed by atoms with Crippen molar-refractivity contribution in [1.82, 2.24) is 4.90 Å². The van der Waals surface area contributed by atoms with Crippen LogP contribution in [0.4, 0.5) is 14.5 Å². The largest absolute Gasteiger partial charge is 0.381 e. The van der Waals surface area contributed by atoms with Crippen LogP contribution in [0.3, 0.4) is 0 Å².